The maximum Gasteiger partial charge on any atom is 0.0753 e. The van der Waals surface area contributed by atoms with Crippen LogP contribution in [0.4, 0.5) is 0 Å². The van der Waals surface area contributed by atoms with Crippen LogP contribution in [0, 0.1) is 12.8 Å². The molecule has 0 aliphatic rings. The van der Waals surface area contributed by atoms with Crippen molar-refractivity contribution in [1.82, 2.24) is 0 Å². The third-order valence-corrected chi connectivity index (χ3v) is 2.45. The van der Waals surface area contributed by atoms with E-state index in [-0.39, 0.29) is 12.6 Å². The molecule has 1 N–H and O–H groups in total. The Morgan fingerprint density at radius 2 is 1.87 bits per heavy atom. The van der Waals surface area contributed by atoms with Crippen LogP contribution < -0.4 is 0 Å². The lowest BCUT2D eigenvalue weighted by Gasteiger charge is -2.12. The van der Waals surface area contributed by atoms with Gasteiger partial charge in [-0.3, -0.25) is 4.99 Å². The first-order valence-corrected chi connectivity index (χ1v) is 5.34. The molecular weight excluding hydrogens is 186 g/mol. The quantitative estimate of drug-likeness (QED) is 0.752. The zero-order valence-corrected chi connectivity index (χ0v) is 9.64. The Labute approximate surface area is 91.7 Å². The molecular formula is C13H19NO. The third-order valence-electron chi connectivity index (χ3n) is 2.45. The number of aliphatic hydroxyl groups excluding tert-OH is 1. The van der Waals surface area contributed by atoms with E-state index in [9.17, 15) is 0 Å². The van der Waals surface area contributed by atoms with Gasteiger partial charge in [0.15, 0.2) is 0 Å². The van der Waals surface area contributed by atoms with Crippen LogP contribution in [0.2, 0.25) is 0 Å². The predicted octanol–water partition coefficient (Wildman–Crippen LogP) is 2.43. The zero-order chi connectivity index (χ0) is 11.3. The molecule has 0 spiro atoms. The Morgan fingerprint density at radius 1 is 1.27 bits per heavy atom. The van der Waals surface area contributed by atoms with Gasteiger partial charge in [0.05, 0.1) is 12.6 Å². The topological polar surface area (TPSA) is 32.6 Å². The van der Waals surface area contributed by atoms with E-state index < -0.39 is 0 Å². The van der Waals surface area contributed by atoms with Crippen molar-refractivity contribution in [1.29, 1.82) is 0 Å². The number of rotatable bonds is 4. The zero-order valence-electron chi connectivity index (χ0n) is 9.64. The molecule has 82 valence electrons. The predicted molar refractivity (Wildman–Crippen MR) is 64.5 cm³/mol. The summed E-state index contributed by atoms with van der Waals surface area (Å²) in [5, 5.41) is 9.10. The number of aryl methyl sites for hydroxylation is 1. The number of aliphatic imine (C=N–C) groups is 1. The summed E-state index contributed by atoms with van der Waals surface area (Å²) < 4.78 is 0. The maximum absolute atomic E-state index is 9.10. The van der Waals surface area contributed by atoms with Crippen molar-refractivity contribution in [3.05, 3.63) is 35.4 Å². The van der Waals surface area contributed by atoms with Gasteiger partial charge in [-0.25, -0.2) is 0 Å². The number of nitrogens with zero attached hydrogens (tertiary/aromatic N) is 1. The molecule has 0 amide bonds. The number of benzene rings is 1. The number of aliphatic hydroxyl groups is 1. The van der Waals surface area contributed by atoms with Gasteiger partial charge in [-0.15, -0.1) is 0 Å². The summed E-state index contributed by atoms with van der Waals surface area (Å²) in [7, 11) is 0. The van der Waals surface area contributed by atoms with Crippen molar-refractivity contribution >= 4 is 6.21 Å². The molecule has 0 aliphatic heterocycles. The van der Waals surface area contributed by atoms with Gasteiger partial charge in [0.2, 0.25) is 0 Å². The summed E-state index contributed by atoms with van der Waals surface area (Å²) in [5.74, 6) is 0.372. The van der Waals surface area contributed by atoms with E-state index in [0.717, 1.165) is 5.56 Å². The van der Waals surface area contributed by atoms with Gasteiger partial charge in [-0.2, -0.15) is 0 Å². The Kier molecular flexibility index (Phi) is 4.50. The van der Waals surface area contributed by atoms with Crippen LogP contribution in [0.5, 0.6) is 0 Å². The van der Waals surface area contributed by atoms with Crippen LogP contribution in [0.1, 0.15) is 25.0 Å². The van der Waals surface area contributed by atoms with E-state index in [4.69, 9.17) is 5.11 Å². The minimum atomic E-state index is 0.00584. The fourth-order valence-electron chi connectivity index (χ4n) is 1.26. The standard InChI is InChI=1S/C13H19NO/c1-10(2)13(9-15)14-8-12-6-4-11(3)5-7-12/h4-8,10,13,15H,9H2,1-3H3/t13-/m1/s1. The second kappa shape index (κ2) is 5.66. The summed E-state index contributed by atoms with van der Waals surface area (Å²) in [6, 6.07) is 8.20. The summed E-state index contributed by atoms with van der Waals surface area (Å²) >= 11 is 0. The molecule has 0 aromatic heterocycles. The second-order valence-corrected chi connectivity index (χ2v) is 4.18. The molecule has 15 heavy (non-hydrogen) atoms. The molecule has 0 unspecified atom stereocenters. The Bertz CT molecular complexity index is 314. The van der Waals surface area contributed by atoms with E-state index in [1.807, 2.05) is 18.3 Å². The van der Waals surface area contributed by atoms with Crippen molar-refractivity contribution in [2.75, 3.05) is 6.61 Å². The Morgan fingerprint density at radius 3 is 2.33 bits per heavy atom. The smallest absolute Gasteiger partial charge is 0.0753 e. The molecule has 0 saturated heterocycles. The highest BCUT2D eigenvalue weighted by Crippen LogP contribution is 2.06. The third kappa shape index (κ3) is 3.84. The molecule has 0 heterocycles. The van der Waals surface area contributed by atoms with Crippen LogP contribution in [0.25, 0.3) is 0 Å². The van der Waals surface area contributed by atoms with Gasteiger partial charge in [-0.05, 0) is 18.4 Å². The van der Waals surface area contributed by atoms with Gasteiger partial charge in [0, 0.05) is 6.21 Å². The summed E-state index contributed by atoms with van der Waals surface area (Å²) in [4.78, 5) is 4.37. The molecule has 2 nitrogen and oxygen atoms in total. The highest BCUT2D eigenvalue weighted by molar-refractivity contribution is 5.79. The van der Waals surface area contributed by atoms with Gasteiger partial charge in [-0.1, -0.05) is 43.7 Å². The molecule has 1 aromatic rings. The fraction of sp³-hybridized carbons (Fsp3) is 0.462. The number of hydrogen-bond acceptors (Lipinski definition) is 2. The average Bonchev–Trinajstić information content (AvgIpc) is 2.21. The van der Waals surface area contributed by atoms with Crippen LogP contribution in [-0.4, -0.2) is 24.0 Å². The van der Waals surface area contributed by atoms with Crippen molar-refractivity contribution in [3.8, 4) is 0 Å². The molecule has 1 rings (SSSR count). The normalized spacial score (nSPS) is 13.7. The molecule has 0 saturated carbocycles. The van der Waals surface area contributed by atoms with Gasteiger partial charge >= 0.3 is 0 Å². The lowest BCUT2D eigenvalue weighted by atomic mass is 10.1. The summed E-state index contributed by atoms with van der Waals surface area (Å²) in [6.45, 7) is 6.30. The van der Waals surface area contributed by atoms with Crippen LogP contribution in [-0.2, 0) is 0 Å². The van der Waals surface area contributed by atoms with Crippen LogP contribution in [0.3, 0.4) is 0 Å². The van der Waals surface area contributed by atoms with Crippen molar-refractivity contribution < 1.29 is 5.11 Å². The van der Waals surface area contributed by atoms with Crippen molar-refractivity contribution in [2.45, 2.75) is 26.8 Å². The first-order chi connectivity index (χ1) is 7.13. The minimum absolute atomic E-state index is 0.00584. The molecule has 0 aliphatic carbocycles. The fourth-order valence-corrected chi connectivity index (χ4v) is 1.26. The van der Waals surface area contributed by atoms with Crippen molar-refractivity contribution in [3.63, 3.8) is 0 Å². The first kappa shape index (κ1) is 11.9. The average molecular weight is 205 g/mol. The molecule has 0 radical (unpaired) electrons. The van der Waals surface area contributed by atoms with E-state index in [1.54, 1.807) is 0 Å². The summed E-state index contributed by atoms with van der Waals surface area (Å²) in [6.07, 6.45) is 1.83. The highest BCUT2D eigenvalue weighted by Gasteiger charge is 2.08. The largest absolute Gasteiger partial charge is 0.394 e. The lowest BCUT2D eigenvalue weighted by molar-refractivity contribution is 0.240. The number of hydrogen-bond donors (Lipinski definition) is 1. The lowest BCUT2D eigenvalue weighted by Crippen LogP contribution is -2.17. The molecule has 1 atom stereocenters. The molecule has 2 heteroatoms. The first-order valence-electron chi connectivity index (χ1n) is 5.34. The van der Waals surface area contributed by atoms with E-state index in [1.165, 1.54) is 5.56 Å². The summed E-state index contributed by atoms with van der Waals surface area (Å²) in [5.41, 5.74) is 2.33. The highest BCUT2D eigenvalue weighted by atomic mass is 16.3. The van der Waals surface area contributed by atoms with Crippen molar-refractivity contribution in [2.24, 2.45) is 10.9 Å². The molecule has 0 bridgehead atoms. The monoisotopic (exact) mass is 205 g/mol. The second-order valence-electron chi connectivity index (χ2n) is 4.18. The minimum Gasteiger partial charge on any atom is -0.394 e. The van der Waals surface area contributed by atoms with Gasteiger partial charge in [0.1, 0.15) is 0 Å². The van der Waals surface area contributed by atoms with Gasteiger partial charge < -0.3 is 5.11 Å². The van der Waals surface area contributed by atoms with E-state index in [0.29, 0.717) is 5.92 Å². The van der Waals surface area contributed by atoms with Crippen LogP contribution >= 0.6 is 0 Å². The molecule has 1 aromatic carbocycles. The molecule has 0 fully saturated rings. The van der Waals surface area contributed by atoms with Gasteiger partial charge in [0.25, 0.3) is 0 Å². The maximum atomic E-state index is 9.10. The Hall–Kier alpha value is -1.15. The van der Waals surface area contributed by atoms with E-state index >= 15 is 0 Å². The SMILES string of the molecule is Cc1ccc(C=N[C@H](CO)C(C)C)cc1. The van der Waals surface area contributed by atoms with E-state index in [2.05, 4.69) is 37.9 Å². The Balaban J connectivity index is 2.67. The van der Waals surface area contributed by atoms with Crippen LogP contribution in [0.15, 0.2) is 29.3 Å².